The Labute approximate surface area is 160 Å². The number of amides is 1. The molecule has 0 aromatic carbocycles. The Morgan fingerprint density at radius 1 is 1.26 bits per heavy atom. The van der Waals surface area contributed by atoms with Gasteiger partial charge in [0.05, 0.1) is 17.6 Å². The topological polar surface area (TPSA) is 78.3 Å². The molecule has 2 aromatic heterocycles. The van der Waals surface area contributed by atoms with Crippen LogP contribution >= 0.6 is 0 Å². The van der Waals surface area contributed by atoms with Crippen molar-refractivity contribution in [2.75, 3.05) is 26.2 Å². The van der Waals surface area contributed by atoms with E-state index in [4.69, 9.17) is 9.51 Å². The highest BCUT2D eigenvalue weighted by molar-refractivity contribution is 5.92. The molecule has 0 unspecified atom stereocenters. The first kappa shape index (κ1) is 18.2. The molecule has 0 saturated carbocycles. The van der Waals surface area contributed by atoms with E-state index in [-0.39, 0.29) is 11.4 Å². The van der Waals surface area contributed by atoms with E-state index in [1.165, 1.54) is 11.4 Å². The monoisotopic (exact) mass is 371 g/mol. The molecule has 27 heavy (non-hydrogen) atoms. The van der Waals surface area contributed by atoms with E-state index in [1.807, 2.05) is 11.2 Å². The van der Waals surface area contributed by atoms with Crippen LogP contribution in [0.4, 0.5) is 0 Å². The number of aromatic amines is 1. The first-order valence-corrected chi connectivity index (χ1v) is 10.2. The van der Waals surface area contributed by atoms with Crippen molar-refractivity contribution in [2.24, 2.45) is 0 Å². The molecule has 2 aliphatic rings. The molecular weight excluding hydrogens is 342 g/mol. The summed E-state index contributed by atoms with van der Waals surface area (Å²) in [7, 11) is 0. The van der Waals surface area contributed by atoms with Gasteiger partial charge in [-0.15, -0.1) is 0 Å². The summed E-state index contributed by atoms with van der Waals surface area (Å²) in [5.74, 6) is 0.771. The van der Waals surface area contributed by atoms with Gasteiger partial charge in [0.25, 0.3) is 5.91 Å². The second-order valence-corrected chi connectivity index (χ2v) is 7.72. The number of rotatable bonds is 5. The van der Waals surface area contributed by atoms with Gasteiger partial charge in [0, 0.05) is 44.2 Å². The van der Waals surface area contributed by atoms with Crippen molar-refractivity contribution in [1.29, 1.82) is 0 Å². The van der Waals surface area contributed by atoms with Gasteiger partial charge >= 0.3 is 0 Å². The Balaban J connectivity index is 1.50. The minimum absolute atomic E-state index is 0.0175. The van der Waals surface area contributed by atoms with Gasteiger partial charge < -0.3 is 14.4 Å². The standard InChI is InChI=1S/C20H29N5O2/c1-3-5-15-13-17(23-27-15)19(26)24-11-7-20(8-12-24)18-16(21-14-22-18)6-10-25(20)9-4-2/h13-14H,3-12H2,1-2H3,(H,21,22). The van der Waals surface area contributed by atoms with Crippen molar-refractivity contribution in [1.82, 2.24) is 24.9 Å². The summed E-state index contributed by atoms with van der Waals surface area (Å²) < 4.78 is 5.29. The van der Waals surface area contributed by atoms with Crippen LogP contribution in [0.25, 0.3) is 0 Å². The van der Waals surface area contributed by atoms with Gasteiger partial charge in [-0.05, 0) is 32.2 Å². The van der Waals surface area contributed by atoms with Crippen molar-refractivity contribution >= 4 is 5.91 Å². The fraction of sp³-hybridized carbons (Fsp3) is 0.650. The second-order valence-electron chi connectivity index (χ2n) is 7.72. The molecule has 7 nitrogen and oxygen atoms in total. The third-order valence-electron chi connectivity index (χ3n) is 6.04. The molecule has 0 aliphatic carbocycles. The van der Waals surface area contributed by atoms with E-state index in [9.17, 15) is 4.79 Å². The highest BCUT2D eigenvalue weighted by Crippen LogP contribution is 2.42. The van der Waals surface area contributed by atoms with Crippen LogP contribution in [0.5, 0.6) is 0 Å². The number of aryl methyl sites for hydroxylation is 1. The summed E-state index contributed by atoms with van der Waals surface area (Å²) in [6.45, 7) is 7.89. The number of hydrogen-bond acceptors (Lipinski definition) is 5. The Morgan fingerprint density at radius 2 is 2.07 bits per heavy atom. The van der Waals surface area contributed by atoms with Gasteiger partial charge in [0.2, 0.25) is 0 Å². The molecule has 1 amide bonds. The number of hydrogen-bond donors (Lipinski definition) is 1. The molecule has 0 atom stereocenters. The van der Waals surface area contributed by atoms with E-state index < -0.39 is 0 Å². The maximum absolute atomic E-state index is 12.9. The van der Waals surface area contributed by atoms with Crippen LogP contribution in [-0.4, -0.2) is 57.0 Å². The fourth-order valence-corrected chi connectivity index (χ4v) is 4.69. The molecule has 2 aliphatic heterocycles. The van der Waals surface area contributed by atoms with Gasteiger partial charge in [-0.3, -0.25) is 9.69 Å². The third kappa shape index (κ3) is 3.18. The Hall–Kier alpha value is -2.15. The van der Waals surface area contributed by atoms with Gasteiger partial charge in [0.15, 0.2) is 5.69 Å². The Bertz CT molecular complexity index is 788. The van der Waals surface area contributed by atoms with E-state index in [0.717, 1.165) is 70.5 Å². The lowest BCUT2D eigenvalue weighted by Crippen LogP contribution is -2.57. The van der Waals surface area contributed by atoms with Crippen LogP contribution in [0.2, 0.25) is 0 Å². The summed E-state index contributed by atoms with van der Waals surface area (Å²) in [5.41, 5.74) is 2.85. The minimum Gasteiger partial charge on any atom is -0.361 e. The summed E-state index contributed by atoms with van der Waals surface area (Å²) in [6, 6.07) is 1.80. The molecule has 1 N–H and O–H groups in total. The number of carbonyl (C=O) groups is 1. The average molecular weight is 371 g/mol. The SMILES string of the molecule is CCCc1cc(C(=O)N2CCC3(CC2)c2nc[nH]c2CCN3CCC)no1. The zero-order chi connectivity index (χ0) is 18.9. The number of imidazole rings is 1. The molecule has 0 bridgehead atoms. The summed E-state index contributed by atoms with van der Waals surface area (Å²) in [5, 5.41) is 3.99. The quantitative estimate of drug-likeness (QED) is 0.874. The number of fused-ring (bicyclic) bond motifs is 2. The molecule has 1 spiro atoms. The molecular formula is C20H29N5O2. The van der Waals surface area contributed by atoms with Gasteiger partial charge in [0.1, 0.15) is 5.76 Å². The lowest BCUT2D eigenvalue weighted by molar-refractivity contribution is 0.00678. The molecule has 146 valence electrons. The maximum Gasteiger partial charge on any atom is 0.276 e. The highest BCUT2D eigenvalue weighted by Gasteiger charge is 2.47. The predicted molar refractivity (Wildman–Crippen MR) is 101 cm³/mol. The number of piperidine rings is 1. The fourth-order valence-electron chi connectivity index (χ4n) is 4.69. The van der Waals surface area contributed by atoms with E-state index in [1.54, 1.807) is 6.07 Å². The smallest absolute Gasteiger partial charge is 0.276 e. The number of nitrogens with zero attached hydrogens (tertiary/aromatic N) is 4. The largest absolute Gasteiger partial charge is 0.361 e. The van der Waals surface area contributed by atoms with E-state index in [2.05, 4.69) is 28.9 Å². The lowest BCUT2D eigenvalue weighted by atomic mass is 9.78. The average Bonchev–Trinajstić information content (AvgIpc) is 3.35. The van der Waals surface area contributed by atoms with Crippen LogP contribution in [0.3, 0.4) is 0 Å². The summed E-state index contributed by atoms with van der Waals surface area (Å²) in [4.78, 5) is 25.4. The van der Waals surface area contributed by atoms with Crippen molar-refractivity contribution < 1.29 is 9.32 Å². The van der Waals surface area contributed by atoms with Crippen LogP contribution in [-0.2, 0) is 18.4 Å². The summed E-state index contributed by atoms with van der Waals surface area (Å²) >= 11 is 0. The first-order valence-electron chi connectivity index (χ1n) is 10.2. The van der Waals surface area contributed by atoms with Crippen LogP contribution < -0.4 is 0 Å². The van der Waals surface area contributed by atoms with Crippen molar-refractivity contribution in [2.45, 2.75) is 57.9 Å². The number of likely N-dealkylation sites (tertiary alicyclic amines) is 1. The number of aromatic nitrogens is 3. The molecule has 4 heterocycles. The van der Waals surface area contributed by atoms with Crippen LogP contribution in [0.1, 0.15) is 67.2 Å². The third-order valence-corrected chi connectivity index (χ3v) is 6.04. The van der Waals surface area contributed by atoms with Crippen molar-refractivity contribution in [3.05, 3.63) is 35.2 Å². The van der Waals surface area contributed by atoms with Crippen molar-refractivity contribution in [3.8, 4) is 0 Å². The van der Waals surface area contributed by atoms with E-state index >= 15 is 0 Å². The number of H-pyrrole nitrogens is 1. The second kappa shape index (κ2) is 7.46. The zero-order valence-electron chi connectivity index (χ0n) is 16.3. The van der Waals surface area contributed by atoms with Gasteiger partial charge in [-0.1, -0.05) is 19.0 Å². The molecule has 1 fully saturated rings. The normalized spacial score (nSPS) is 19.4. The van der Waals surface area contributed by atoms with E-state index in [0.29, 0.717) is 5.69 Å². The molecule has 4 rings (SSSR count). The first-order chi connectivity index (χ1) is 13.2. The predicted octanol–water partition coefficient (Wildman–Crippen LogP) is 2.75. The molecule has 7 heteroatoms. The number of carbonyl (C=O) groups excluding carboxylic acids is 1. The lowest BCUT2D eigenvalue weighted by Gasteiger charge is -2.50. The zero-order valence-corrected chi connectivity index (χ0v) is 16.3. The Morgan fingerprint density at radius 3 is 2.81 bits per heavy atom. The van der Waals surface area contributed by atoms with Gasteiger partial charge in [-0.25, -0.2) is 4.98 Å². The van der Waals surface area contributed by atoms with Crippen LogP contribution in [0.15, 0.2) is 16.9 Å². The molecule has 0 radical (unpaired) electrons. The maximum atomic E-state index is 12.9. The molecule has 1 saturated heterocycles. The summed E-state index contributed by atoms with van der Waals surface area (Å²) in [6.07, 6.45) is 7.60. The minimum atomic E-state index is -0.0441. The number of nitrogens with one attached hydrogen (secondary N) is 1. The Kier molecular flexibility index (Phi) is 5.04. The molecule has 2 aromatic rings. The van der Waals surface area contributed by atoms with Gasteiger partial charge in [-0.2, -0.15) is 0 Å². The van der Waals surface area contributed by atoms with Crippen LogP contribution in [0, 0.1) is 0 Å². The van der Waals surface area contributed by atoms with Crippen molar-refractivity contribution in [3.63, 3.8) is 0 Å². The highest BCUT2D eigenvalue weighted by atomic mass is 16.5.